The molecule has 31 heavy (non-hydrogen) atoms. The molecule has 0 saturated carbocycles. The molecule has 1 aliphatic rings. The molecule has 0 bridgehead atoms. The second-order valence-electron chi connectivity index (χ2n) is 8.54. The van der Waals surface area contributed by atoms with E-state index in [1.807, 2.05) is 61.9 Å². The quantitative estimate of drug-likeness (QED) is 0.746. The number of anilines is 1. The Morgan fingerprint density at radius 2 is 1.71 bits per heavy atom. The van der Waals surface area contributed by atoms with E-state index in [-0.39, 0.29) is 18.4 Å². The lowest BCUT2D eigenvalue weighted by atomic mass is 10.1. The molecule has 0 spiro atoms. The van der Waals surface area contributed by atoms with Gasteiger partial charge in [-0.2, -0.15) is 0 Å². The number of carbonyl (C=O) groups excluding carboxylic acids is 2. The van der Waals surface area contributed by atoms with Gasteiger partial charge < -0.3 is 10.2 Å². The normalized spacial score (nSPS) is 15.7. The fourth-order valence-electron chi connectivity index (χ4n) is 3.76. The highest BCUT2D eigenvalue weighted by atomic mass is 16.2. The standard InChI is InChI=1S/C25H34N4O2/c1-19-10-11-20(2)23(16-19)26-25(31)21(3)27(4)18-24(30)29-14-12-28(13-15-29)17-22-8-6-5-7-9-22/h5-11,16,21H,12-15,17-18H2,1-4H3,(H,26,31)/t21-/m1/s1. The van der Waals surface area contributed by atoms with Crippen molar-refractivity contribution >= 4 is 17.5 Å². The number of hydrogen-bond acceptors (Lipinski definition) is 4. The Kier molecular flexibility index (Phi) is 7.82. The third-order valence-corrected chi connectivity index (χ3v) is 6.05. The molecule has 1 heterocycles. The van der Waals surface area contributed by atoms with E-state index in [9.17, 15) is 9.59 Å². The Morgan fingerprint density at radius 1 is 1.03 bits per heavy atom. The third kappa shape index (κ3) is 6.39. The molecule has 3 rings (SSSR count). The first-order valence-corrected chi connectivity index (χ1v) is 11.0. The molecule has 2 aromatic carbocycles. The topological polar surface area (TPSA) is 55.9 Å². The van der Waals surface area contributed by atoms with Crippen molar-refractivity contribution in [3.05, 3.63) is 65.2 Å². The molecule has 1 saturated heterocycles. The number of nitrogens with zero attached hydrogens (tertiary/aromatic N) is 3. The average Bonchev–Trinajstić information content (AvgIpc) is 2.76. The lowest BCUT2D eigenvalue weighted by Crippen LogP contribution is -2.52. The summed E-state index contributed by atoms with van der Waals surface area (Å²) < 4.78 is 0. The van der Waals surface area contributed by atoms with Crippen LogP contribution < -0.4 is 5.32 Å². The van der Waals surface area contributed by atoms with E-state index >= 15 is 0 Å². The van der Waals surface area contributed by atoms with Crippen molar-refractivity contribution in [2.75, 3.05) is 45.1 Å². The van der Waals surface area contributed by atoms with Crippen molar-refractivity contribution in [3.63, 3.8) is 0 Å². The molecule has 2 aromatic rings. The van der Waals surface area contributed by atoms with Gasteiger partial charge in [0.05, 0.1) is 12.6 Å². The molecule has 6 heteroatoms. The number of aryl methyl sites for hydroxylation is 2. The SMILES string of the molecule is Cc1ccc(C)c(NC(=O)[C@@H](C)N(C)CC(=O)N2CCN(Cc3ccccc3)CC2)c1. The van der Waals surface area contributed by atoms with Crippen LogP contribution in [0.15, 0.2) is 48.5 Å². The monoisotopic (exact) mass is 422 g/mol. The maximum atomic E-state index is 12.8. The number of likely N-dealkylation sites (N-methyl/N-ethyl adjacent to an activating group) is 1. The summed E-state index contributed by atoms with van der Waals surface area (Å²) in [5.74, 6) is -0.0232. The van der Waals surface area contributed by atoms with Crippen molar-refractivity contribution in [2.45, 2.75) is 33.4 Å². The van der Waals surface area contributed by atoms with E-state index in [2.05, 4.69) is 34.5 Å². The number of piperazine rings is 1. The van der Waals surface area contributed by atoms with Crippen LogP contribution >= 0.6 is 0 Å². The van der Waals surface area contributed by atoms with Gasteiger partial charge in [0.1, 0.15) is 0 Å². The molecule has 1 fully saturated rings. The van der Waals surface area contributed by atoms with Crippen molar-refractivity contribution in [1.82, 2.24) is 14.7 Å². The van der Waals surface area contributed by atoms with Crippen LogP contribution in [0.4, 0.5) is 5.69 Å². The molecule has 0 aliphatic carbocycles. The van der Waals surface area contributed by atoms with Crippen LogP contribution in [-0.4, -0.2) is 72.3 Å². The van der Waals surface area contributed by atoms with Crippen molar-refractivity contribution < 1.29 is 9.59 Å². The first kappa shape index (κ1) is 23.0. The largest absolute Gasteiger partial charge is 0.339 e. The maximum Gasteiger partial charge on any atom is 0.241 e. The lowest BCUT2D eigenvalue weighted by molar-refractivity contribution is -0.135. The lowest BCUT2D eigenvalue weighted by Gasteiger charge is -2.36. The molecule has 1 atom stereocenters. The molecular formula is C25H34N4O2. The average molecular weight is 423 g/mol. The summed E-state index contributed by atoms with van der Waals surface area (Å²) in [4.78, 5) is 31.6. The number of nitrogens with one attached hydrogen (secondary N) is 1. The second kappa shape index (κ2) is 10.6. The van der Waals surface area contributed by atoms with E-state index in [1.54, 1.807) is 0 Å². The van der Waals surface area contributed by atoms with Gasteiger partial charge in [-0.05, 0) is 50.6 Å². The predicted molar refractivity (Wildman–Crippen MR) is 125 cm³/mol. The fraction of sp³-hybridized carbons (Fsp3) is 0.440. The Morgan fingerprint density at radius 3 is 2.39 bits per heavy atom. The number of amides is 2. The molecule has 0 unspecified atom stereocenters. The van der Waals surface area contributed by atoms with Crippen LogP contribution in [-0.2, 0) is 16.1 Å². The first-order valence-electron chi connectivity index (χ1n) is 11.0. The van der Waals surface area contributed by atoms with Crippen molar-refractivity contribution in [1.29, 1.82) is 0 Å². The minimum atomic E-state index is -0.400. The van der Waals surface area contributed by atoms with E-state index in [4.69, 9.17) is 0 Å². The van der Waals surface area contributed by atoms with Gasteiger partial charge in [-0.15, -0.1) is 0 Å². The molecular weight excluding hydrogens is 388 g/mol. The van der Waals surface area contributed by atoms with Crippen molar-refractivity contribution in [2.24, 2.45) is 0 Å². The van der Waals surface area contributed by atoms with E-state index < -0.39 is 6.04 Å². The van der Waals surface area contributed by atoms with E-state index in [0.29, 0.717) is 0 Å². The minimum Gasteiger partial charge on any atom is -0.339 e. The predicted octanol–water partition coefficient (Wildman–Crippen LogP) is 2.91. The highest BCUT2D eigenvalue weighted by Crippen LogP contribution is 2.17. The maximum absolute atomic E-state index is 12.8. The molecule has 6 nitrogen and oxygen atoms in total. The van der Waals surface area contributed by atoms with Gasteiger partial charge in [0.25, 0.3) is 0 Å². The summed E-state index contributed by atoms with van der Waals surface area (Å²) in [6.07, 6.45) is 0. The Hall–Kier alpha value is -2.70. The minimum absolute atomic E-state index is 0.0771. The third-order valence-electron chi connectivity index (χ3n) is 6.05. The molecule has 1 aliphatic heterocycles. The van der Waals surface area contributed by atoms with Gasteiger partial charge in [0.2, 0.25) is 11.8 Å². The van der Waals surface area contributed by atoms with Gasteiger partial charge in [-0.25, -0.2) is 0 Å². The molecule has 2 amide bonds. The summed E-state index contributed by atoms with van der Waals surface area (Å²) >= 11 is 0. The van der Waals surface area contributed by atoms with Crippen LogP contribution in [0.1, 0.15) is 23.6 Å². The van der Waals surface area contributed by atoms with E-state index in [0.717, 1.165) is 49.5 Å². The highest BCUT2D eigenvalue weighted by molar-refractivity contribution is 5.95. The van der Waals surface area contributed by atoms with Gasteiger partial charge >= 0.3 is 0 Å². The fourth-order valence-corrected chi connectivity index (χ4v) is 3.76. The Bertz CT molecular complexity index is 892. The molecule has 166 valence electrons. The van der Waals surface area contributed by atoms with Crippen LogP contribution in [0.5, 0.6) is 0 Å². The Labute approximate surface area is 185 Å². The second-order valence-corrected chi connectivity index (χ2v) is 8.54. The summed E-state index contributed by atoms with van der Waals surface area (Å²) in [5.41, 5.74) is 4.25. The molecule has 0 aromatic heterocycles. The van der Waals surface area contributed by atoms with Crippen LogP contribution in [0.3, 0.4) is 0 Å². The van der Waals surface area contributed by atoms with Gasteiger partial charge in [-0.3, -0.25) is 19.4 Å². The number of benzene rings is 2. The van der Waals surface area contributed by atoms with Crippen LogP contribution in [0, 0.1) is 13.8 Å². The number of rotatable bonds is 7. The van der Waals surface area contributed by atoms with Crippen molar-refractivity contribution in [3.8, 4) is 0 Å². The van der Waals surface area contributed by atoms with Gasteiger partial charge in [0, 0.05) is 38.4 Å². The number of hydrogen-bond donors (Lipinski definition) is 1. The zero-order valence-electron chi connectivity index (χ0n) is 19.1. The molecule has 1 N–H and O–H groups in total. The smallest absolute Gasteiger partial charge is 0.241 e. The van der Waals surface area contributed by atoms with Gasteiger partial charge in [-0.1, -0.05) is 42.5 Å². The summed E-state index contributed by atoms with van der Waals surface area (Å²) in [7, 11) is 1.83. The zero-order valence-corrected chi connectivity index (χ0v) is 19.1. The van der Waals surface area contributed by atoms with Crippen LogP contribution in [0.2, 0.25) is 0 Å². The Balaban J connectivity index is 1.46. The number of carbonyl (C=O) groups is 2. The summed E-state index contributed by atoms with van der Waals surface area (Å²) in [6, 6.07) is 16.0. The zero-order chi connectivity index (χ0) is 22.4. The van der Waals surface area contributed by atoms with Crippen LogP contribution in [0.25, 0.3) is 0 Å². The summed E-state index contributed by atoms with van der Waals surface area (Å²) in [6.45, 7) is 10.2. The van der Waals surface area contributed by atoms with E-state index in [1.165, 1.54) is 5.56 Å². The summed E-state index contributed by atoms with van der Waals surface area (Å²) in [5, 5.41) is 3.00. The molecule has 0 radical (unpaired) electrons. The van der Waals surface area contributed by atoms with Gasteiger partial charge in [0.15, 0.2) is 0 Å². The first-order chi connectivity index (χ1) is 14.8. The highest BCUT2D eigenvalue weighted by Gasteiger charge is 2.25.